The second kappa shape index (κ2) is 12.7. The Morgan fingerprint density at radius 2 is 1.82 bits per heavy atom. The second-order valence-electron chi connectivity index (χ2n) is 6.88. The van der Waals surface area contributed by atoms with E-state index >= 15 is 0 Å². The lowest BCUT2D eigenvalue weighted by Crippen LogP contribution is -2.41. The van der Waals surface area contributed by atoms with Crippen molar-refractivity contribution in [3.8, 4) is 17.6 Å². The Balaban J connectivity index is 0.00000187. The highest BCUT2D eigenvalue weighted by Gasteiger charge is 2.11. The third-order valence-electron chi connectivity index (χ3n) is 4.57. The Kier molecular flexibility index (Phi) is 9.66. The van der Waals surface area contributed by atoms with Crippen LogP contribution >= 0.6 is 0 Å². The van der Waals surface area contributed by atoms with E-state index in [-0.39, 0.29) is 6.54 Å². The summed E-state index contributed by atoms with van der Waals surface area (Å²) in [6.07, 6.45) is 5.12. The summed E-state index contributed by atoms with van der Waals surface area (Å²) in [6.45, 7) is 10.0. The van der Waals surface area contributed by atoms with Gasteiger partial charge in [-0.3, -0.25) is 13.9 Å². The fourth-order valence-corrected chi connectivity index (χ4v) is 3.00. The number of nitrogens with zero attached hydrogens (tertiary/aromatic N) is 3. The monoisotopic (exact) mass is 443 g/mol. The molecule has 3 rings (SSSR count). The molecule has 0 aliphatic carbocycles. The van der Waals surface area contributed by atoms with Crippen LogP contribution < -0.4 is 16.0 Å². The van der Waals surface area contributed by atoms with Gasteiger partial charge in [0.2, 0.25) is 0 Å². The summed E-state index contributed by atoms with van der Waals surface area (Å²) in [6, 6.07) is 14.0. The molecule has 0 atom stereocenters. The predicted octanol–water partition coefficient (Wildman–Crippen LogP) is 4.02. The minimum atomic E-state index is -0.426. The molecule has 1 aromatic carbocycles. The second-order valence-corrected chi connectivity index (χ2v) is 6.88. The van der Waals surface area contributed by atoms with Crippen molar-refractivity contribution in [2.24, 2.45) is 0 Å². The molecule has 0 radical (unpaired) electrons. The lowest BCUT2D eigenvalue weighted by Gasteiger charge is -2.13. The molecule has 2 aromatic heterocycles. The summed E-state index contributed by atoms with van der Waals surface area (Å²) in [5, 5.41) is 0. The molecule has 6 nitrogen and oxygen atoms in total. The van der Waals surface area contributed by atoms with Crippen molar-refractivity contribution in [2.45, 2.75) is 33.9 Å². The van der Waals surface area contributed by atoms with E-state index in [4.69, 9.17) is 4.74 Å². The zero-order valence-electron chi connectivity index (χ0n) is 19.5. The number of ether oxygens (including phenoxy) is 1. The Labute approximate surface area is 194 Å². The molecule has 2 heterocycles. The third kappa shape index (κ3) is 6.94. The molecule has 0 unspecified atom stereocenters. The van der Waals surface area contributed by atoms with Crippen molar-refractivity contribution in [3.05, 3.63) is 117 Å². The zero-order valence-corrected chi connectivity index (χ0v) is 19.5. The molecule has 0 saturated heterocycles. The van der Waals surface area contributed by atoms with Crippen LogP contribution in [-0.4, -0.2) is 21.2 Å². The molecule has 0 saturated carbocycles. The van der Waals surface area contributed by atoms with E-state index in [1.807, 2.05) is 45.0 Å². The summed E-state index contributed by atoms with van der Waals surface area (Å²) < 4.78 is 7.86. The van der Waals surface area contributed by atoms with Gasteiger partial charge < -0.3 is 4.74 Å². The number of allylic oxidation sites excluding steroid dienone is 3. The first-order valence-electron chi connectivity index (χ1n) is 10.7. The molecular formula is C27H29N3O3. The third-order valence-corrected chi connectivity index (χ3v) is 4.57. The molecule has 3 aromatic rings. The van der Waals surface area contributed by atoms with Crippen LogP contribution in [0, 0.1) is 11.8 Å². The van der Waals surface area contributed by atoms with Gasteiger partial charge >= 0.3 is 5.69 Å². The molecule has 0 amide bonds. The van der Waals surface area contributed by atoms with Gasteiger partial charge in [0.15, 0.2) is 0 Å². The van der Waals surface area contributed by atoms with Crippen molar-refractivity contribution >= 4 is 0 Å². The molecule has 33 heavy (non-hydrogen) atoms. The molecule has 0 fully saturated rings. The average molecular weight is 444 g/mol. The predicted molar refractivity (Wildman–Crippen MR) is 133 cm³/mol. The number of benzene rings is 1. The minimum Gasteiger partial charge on any atom is -0.497 e. The largest absolute Gasteiger partial charge is 0.497 e. The molecule has 170 valence electrons. The fraction of sp³-hybridized carbons (Fsp3) is 0.222. The SMILES string of the molecule is C=C/C=C(\C)Cn1c(C#Cc2ccccn2)cc(=O)n(Cc2ccc(OC)cc2)c1=O.CC. The van der Waals surface area contributed by atoms with Crippen LogP contribution in [0.2, 0.25) is 0 Å². The van der Waals surface area contributed by atoms with Gasteiger partial charge in [0, 0.05) is 18.8 Å². The summed E-state index contributed by atoms with van der Waals surface area (Å²) >= 11 is 0. The van der Waals surface area contributed by atoms with E-state index in [9.17, 15) is 9.59 Å². The van der Waals surface area contributed by atoms with Crippen molar-refractivity contribution in [1.82, 2.24) is 14.1 Å². The van der Waals surface area contributed by atoms with E-state index in [0.29, 0.717) is 23.7 Å². The first-order chi connectivity index (χ1) is 16.0. The Bertz CT molecular complexity index is 1270. The Morgan fingerprint density at radius 1 is 1.09 bits per heavy atom. The summed E-state index contributed by atoms with van der Waals surface area (Å²) in [4.78, 5) is 30.2. The van der Waals surface area contributed by atoms with Crippen molar-refractivity contribution in [3.63, 3.8) is 0 Å². The van der Waals surface area contributed by atoms with Gasteiger partial charge in [-0.15, -0.1) is 0 Å². The maximum absolute atomic E-state index is 13.3. The van der Waals surface area contributed by atoms with Crippen molar-refractivity contribution in [1.29, 1.82) is 0 Å². The van der Waals surface area contributed by atoms with Crippen molar-refractivity contribution in [2.75, 3.05) is 7.11 Å². The molecule has 0 N–H and O–H groups in total. The first kappa shape index (κ1) is 25.2. The van der Waals surface area contributed by atoms with Gasteiger partial charge in [0.1, 0.15) is 17.1 Å². The van der Waals surface area contributed by atoms with Crippen LogP contribution in [0.4, 0.5) is 0 Å². The normalized spacial score (nSPS) is 10.4. The molecule has 0 spiro atoms. The van der Waals surface area contributed by atoms with Crippen LogP contribution in [0.25, 0.3) is 0 Å². The molecule has 0 aliphatic heterocycles. The van der Waals surface area contributed by atoms with Crippen LogP contribution in [0.5, 0.6) is 5.75 Å². The fourth-order valence-electron chi connectivity index (χ4n) is 3.00. The molecule has 6 heteroatoms. The van der Waals surface area contributed by atoms with Crippen molar-refractivity contribution < 1.29 is 4.74 Å². The van der Waals surface area contributed by atoms with Crippen LogP contribution in [0.3, 0.4) is 0 Å². The smallest absolute Gasteiger partial charge is 0.332 e. The number of hydrogen-bond acceptors (Lipinski definition) is 4. The van der Waals surface area contributed by atoms with E-state index in [0.717, 1.165) is 11.1 Å². The van der Waals surface area contributed by atoms with Gasteiger partial charge in [-0.1, -0.05) is 56.4 Å². The maximum Gasteiger partial charge on any atom is 0.332 e. The van der Waals surface area contributed by atoms with E-state index in [2.05, 4.69) is 23.4 Å². The standard InChI is InChI=1S/C25H23N3O3.C2H6/c1-4-7-19(2)17-27-22(12-11-21-8-5-6-15-26-21)16-24(29)28(25(27)30)18-20-9-13-23(31-3)14-10-20;1-2/h4-10,13-16H,1,17-18H2,2-3H3;1-2H3/b19-7+;. The zero-order chi connectivity index (χ0) is 24.2. The topological polar surface area (TPSA) is 66.1 Å². The average Bonchev–Trinajstić information content (AvgIpc) is 2.85. The number of pyridine rings is 1. The highest BCUT2D eigenvalue weighted by molar-refractivity contribution is 5.36. The quantitative estimate of drug-likeness (QED) is 0.426. The van der Waals surface area contributed by atoms with Crippen LogP contribution in [-0.2, 0) is 13.1 Å². The number of hydrogen-bond donors (Lipinski definition) is 0. The first-order valence-corrected chi connectivity index (χ1v) is 10.7. The minimum absolute atomic E-state index is 0.153. The number of aromatic nitrogens is 3. The summed E-state index contributed by atoms with van der Waals surface area (Å²) in [5.41, 5.74) is 1.79. The lowest BCUT2D eigenvalue weighted by atomic mass is 10.2. The van der Waals surface area contributed by atoms with E-state index < -0.39 is 11.2 Å². The lowest BCUT2D eigenvalue weighted by molar-refractivity contribution is 0.414. The molecular weight excluding hydrogens is 414 g/mol. The highest BCUT2D eigenvalue weighted by Crippen LogP contribution is 2.11. The molecule has 0 bridgehead atoms. The van der Waals surface area contributed by atoms with E-state index in [1.165, 1.54) is 15.2 Å². The maximum atomic E-state index is 13.3. The summed E-state index contributed by atoms with van der Waals surface area (Å²) in [5.74, 6) is 6.56. The highest BCUT2D eigenvalue weighted by atomic mass is 16.5. The van der Waals surface area contributed by atoms with Gasteiger partial charge in [-0.25, -0.2) is 9.78 Å². The van der Waals surface area contributed by atoms with Gasteiger partial charge in [-0.05, 0) is 48.6 Å². The van der Waals surface area contributed by atoms with Gasteiger partial charge in [0.05, 0.1) is 13.7 Å². The Morgan fingerprint density at radius 3 is 2.42 bits per heavy atom. The van der Waals surface area contributed by atoms with Gasteiger partial charge in [-0.2, -0.15) is 0 Å². The number of methoxy groups -OCH3 is 1. The van der Waals surface area contributed by atoms with Gasteiger partial charge in [0.25, 0.3) is 5.56 Å². The molecule has 0 aliphatic rings. The number of rotatable bonds is 6. The van der Waals surface area contributed by atoms with E-state index in [1.54, 1.807) is 43.6 Å². The summed E-state index contributed by atoms with van der Waals surface area (Å²) in [7, 11) is 1.59. The van der Waals surface area contributed by atoms with Crippen LogP contribution in [0.15, 0.2) is 88.6 Å². The van der Waals surface area contributed by atoms with Crippen LogP contribution in [0.1, 0.15) is 37.7 Å². The Hall–Kier alpha value is -4.11.